The molecule has 0 unspecified atom stereocenters. The van der Waals surface area contributed by atoms with E-state index in [0.717, 1.165) is 12.0 Å². The number of carbonyl (C=O) groups excluding carboxylic acids is 2. The van der Waals surface area contributed by atoms with Crippen LogP contribution in [0.15, 0.2) is 48.5 Å². The Kier molecular flexibility index (Phi) is 6.78. The summed E-state index contributed by atoms with van der Waals surface area (Å²) in [5.74, 6) is 0.151. The normalized spacial score (nSPS) is 12.8. The topological polar surface area (TPSA) is 67.4 Å². The van der Waals surface area contributed by atoms with Gasteiger partial charge in [-0.2, -0.15) is 0 Å². The van der Waals surface area contributed by atoms with Gasteiger partial charge in [0.05, 0.1) is 11.3 Å². The van der Waals surface area contributed by atoms with Gasteiger partial charge in [0.1, 0.15) is 5.75 Å². The van der Waals surface area contributed by atoms with Crippen molar-refractivity contribution in [2.75, 3.05) is 5.32 Å². The van der Waals surface area contributed by atoms with Crippen molar-refractivity contribution in [1.29, 1.82) is 0 Å². The number of para-hydroxylation sites is 2. The molecule has 2 amide bonds. The molecule has 0 saturated heterocycles. The van der Waals surface area contributed by atoms with Crippen molar-refractivity contribution in [2.45, 2.75) is 46.3 Å². The Balaban J connectivity index is 2.09. The summed E-state index contributed by atoms with van der Waals surface area (Å²) < 4.78 is 5.75. The molecule has 0 aliphatic heterocycles. The quantitative estimate of drug-likeness (QED) is 0.792. The van der Waals surface area contributed by atoms with Crippen molar-refractivity contribution in [1.82, 2.24) is 5.32 Å². The average molecular weight is 354 g/mol. The monoisotopic (exact) mass is 354 g/mol. The Hall–Kier alpha value is -2.82. The number of hydrogen-bond donors (Lipinski definition) is 2. The molecule has 0 saturated carbocycles. The molecule has 138 valence electrons. The maximum absolute atomic E-state index is 12.5. The number of rotatable bonds is 7. The zero-order valence-electron chi connectivity index (χ0n) is 15.7. The van der Waals surface area contributed by atoms with E-state index in [0.29, 0.717) is 17.0 Å². The van der Waals surface area contributed by atoms with Gasteiger partial charge in [-0.15, -0.1) is 0 Å². The van der Waals surface area contributed by atoms with E-state index in [2.05, 4.69) is 10.6 Å². The van der Waals surface area contributed by atoms with Crippen LogP contribution in [-0.4, -0.2) is 24.0 Å². The van der Waals surface area contributed by atoms with Crippen LogP contribution < -0.4 is 15.4 Å². The predicted octanol–water partition coefficient (Wildman–Crippen LogP) is 3.93. The third kappa shape index (κ3) is 5.09. The lowest BCUT2D eigenvalue weighted by atomic mass is 10.1. The molecule has 2 rings (SSSR count). The maximum Gasteiger partial charge on any atom is 0.265 e. The fraction of sp³-hybridized carbons (Fsp3) is 0.333. The first kappa shape index (κ1) is 19.5. The van der Waals surface area contributed by atoms with Crippen molar-refractivity contribution in [3.05, 3.63) is 59.7 Å². The highest BCUT2D eigenvalue weighted by Gasteiger charge is 2.19. The molecule has 0 aliphatic carbocycles. The van der Waals surface area contributed by atoms with E-state index in [1.807, 2.05) is 45.0 Å². The van der Waals surface area contributed by atoms with Crippen LogP contribution in [0.4, 0.5) is 5.69 Å². The highest BCUT2D eigenvalue weighted by Crippen LogP contribution is 2.20. The van der Waals surface area contributed by atoms with Crippen LogP contribution >= 0.6 is 0 Å². The Bertz CT molecular complexity index is 773. The average Bonchev–Trinajstić information content (AvgIpc) is 2.63. The zero-order chi connectivity index (χ0) is 19.1. The zero-order valence-corrected chi connectivity index (χ0v) is 15.7. The summed E-state index contributed by atoms with van der Waals surface area (Å²) in [6.07, 6.45) is 0.142. The Morgan fingerprint density at radius 3 is 2.38 bits per heavy atom. The summed E-state index contributed by atoms with van der Waals surface area (Å²) in [7, 11) is 0. The molecule has 0 heterocycles. The fourth-order valence-electron chi connectivity index (χ4n) is 2.36. The van der Waals surface area contributed by atoms with Gasteiger partial charge < -0.3 is 15.4 Å². The van der Waals surface area contributed by atoms with Gasteiger partial charge in [-0.3, -0.25) is 9.59 Å². The molecule has 26 heavy (non-hydrogen) atoms. The molecule has 5 heteroatoms. The Morgan fingerprint density at radius 2 is 1.69 bits per heavy atom. The van der Waals surface area contributed by atoms with E-state index >= 15 is 0 Å². The smallest absolute Gasteiger partial charge is 0.265 e. The van der Waals surface area contributed by atoms with Crippen LogP contribution in [0.1, 0.15) is 43.1 Å². The molecule has 2 N–H and O–H groups in total. The molecule has 2 aromatic rings. The summed E-state index contributed by atoms with van der Waals surface area (Å²) in [5.41, 5.74) is 1.86. The summed E-state index contributed by atoms with van der Waals surface area (Å²) >= 11 is 0. The largest absolute Gasteiger partial charge is 0.481 e. The van der Waals surface area contributed by atoms with E-state index in [4.69, 9.17) is 4.74 Å². The first-order valence-corrected chi connectivity index (χ1v) is 8.85. The van der Waals surface area contributed by atoms with Gasteiger partial charge in [0, 0.05) is 6.04 Å². The summed E-state index contributed by atoms with van der Waals surface area (Å²) in [6, 6.07) is 14.6. The van der Waals surface area contributed by atoms with Gasteiger partial charge >= 0.3 is 0 Å². The standard InChI is InChI=1S/C21H26N2O3/c1-5-15(3)22-21(25)17-11-7-8-12-18(17)23-20(24)16(4)26-19-13-9-6-10-14(19)2/h6-13,15-16H,5H2,1-4H3,(H,22,25)(H,23,24)/t15-,16-/m0/s1. The molecule has 0 aromatic heterocycles. The highest BCUT2D eigenvalue weighted by atomic mass is 16.5. The van der Waals surface area contributed by atoms with Crippen molar-refractivity contribution < 1.29 is 14.3 Å². The predicted molar refractivity (Wildman–Crippen MR) is 104 cm³/mol. The lowest BCUT2D eigenvalue weighted by molar-refractivity contribution is -0.122. The van der Waals surface area contributed by atoms with E-state index < -0.39 is 6.10 Å². The van der Waals surface area contributed by atoms with Gasteiger partial charge in [0.25, 0.3) is 11.8 Å². The lowest BCUT2D eigenvalue weighted by Crippen LogP contribution is -2.34. The number of hydrogen-bond acceptors (Lipinski definition) is 3. The van der Waals surface area contributed by atoms with E-state index in [-0.39, 0.29) is 17.9 Å². The first-order valence-electron chi connectivity index (χ1n) is 8.85. The summed E-state index contributed by atoms with van der Waals surface area (Å²) in [6.45, 7) is 7.55. The van der Waals surface area contributed by atoms with Crippen molar-refractivity contribution in [3.8, 4) is 5.75 Å². The van der Waals surface area contributed by atoms with Crippen molar-refractivity contribution in [2.24, 2.45) is 0 Å². The highest BCUT2D eigenvalue weighted by molar-refractivity contribution is 6.04. The fourth-order valence-corrected chi connectivity index (χ4v) is 2.36. The number of nitrogens with one attached hydrogen (secondary N) is 2. The van der Waals surface area contributed by atoms with Gasteiger partial charge in [-0.1, -0.05) is 37.3 Å². The maximum atomic E-state index is 12.5. The van der Waals surface area contributed by atoms with Crippen LogP contribution in [0.3, 0.4) is 0 Å². The second-order valence-electron chi connectivity index (χ2n) is 6.34. The van der Waals surface area contributed by atoms with Gasteiger partial charge in [-0.25, -0.2) is 0 Å². The minimum absolute atomic E-state index is 0.0644. The van der Waals surface area contributed by atoms with Gasteiger partial charge in [0.15, 0.2) is 6.10 Å². The molecule has 0 fully saturated rings. The molecule has 0 bridgehead atoms. The second-order valence-corrected chi connectivity index (χ2v) is 6.34. The van der Waals surface area contributed by atoms with Crippen LogP contribution in [0.2, 0.25) is 0 Å². The number of amides is 2. The first-order chi connectivity index (χ1) is 12.4. The van der Waals surface area contributed by atoms with Crippen LogP contribution in [-0.2, 0) is 4.79 Å². The second kappa shape index (κ2) is 9.04. The lowest BCUT2D eigenvalue weighted by Gasteiger charge is -2.18. The summed E-state index contributed by atoms with van der Waals surface area (Å²) in [4.78, 5) is 24.9. The number of aryl methyl sites for hydroxylation is 1. The number of anilines is 1. The summed E-state index contributed by atoms with van der Waals surface area (Å²) in [5, 5.41) is 5.71. The number of ether oxygens (including phenoxy) is 1. The van der Waals surface area contributed by atoms with E-state index in [9.17, 15) is 9.59 Å². The molecule has 5 nitrogen and oxygen atoms in total. The van der Waals surface area contributed by atoms with E-state index in [1.54, 1.807) is 31.2 Å². The minimum atomic E-state index is -0.693. The minimum Gasteiger partial charge on any atom is -0.481 e. The Morgan fingerprint density at radius 1 is 1.04 bits per heavy atom. The van der Waals surface area contributed by atoms with Gasteiger partial charge in [-0.05, 0) is 51.0 Å². The molecule has 0 radical (unpaired) electrons. The van der Waals surface area contributed by atoms with Crippen molar-refractivity contribution >= 4 is 17.5 Å². The van der Waals surface area contributed by atoms with Crippen LogP contribution in [0.25, 0.3) is 0 Å². The SMILES string of the molecule is CC[C@H](C)NC(=O)c1ccccc1NC(=O)[C@H](C)Oc1ccccc1C. The molecule has 0 aliphatic rings. The van der Waals surface area contributed by atoms with Crippen LogP contribution in [0, 0.1) is 6.92 Å². The van der Waals surface area contributed by atoms with Crippen molar-refractivity contribution in [3.63, 3.8) is 0 Å². The van der Waals surface area contributed by atoms with E-state index in [1.165, 1.54) is 0 Å². The number of benzene rings is 2. The molecular formula is C21H26N2O3. The molecule has 2 aromatic carbocycles. The number of carbonyl (C=O) groups is 2. The molecule has 0 spiro atoms. The van der Waals surface area contributed by atoms with Gasteiger partial charge in [0.2, 0.25) is 0 Å². The van der Waals surface area contributed by atoms with Crippen LogP contribution in [0.5, 0.6) is 5.75 Å². The third-order valence-corrected chi connectivity index (χ3v) is 4.19. The third-order valence-electron chi connectivity index (χ3n) is 4.19. The molecule has 2 atom stereocenters. The Labute approximate surface area is 154 Å². The molecular weight excluding hydrogens is 328 g/mol.